The first-order valence-corrected chi connectivity index (χ1v) is 6.94. The monoisotopic (exact) mass is 321 g/mol. The molecule has 1 saturated heterocycles. The molecule has 116 valence electrons. The molecule has 0 unspecified atom stereocenters. The maximum atomic E-state index is 12.1. The summed E-state index contributed by atoms with van der Waals surface area (Å²) in [5.74, 6) is -0.152. The van der Waals surface area contributed by atoms with Crippen LogP contribution in [-0.2, 0) is 4.79 Å². The van der Waals surface area contributed by atoms with Crippen LogP contribution < -0.4 is 10.2 Å². The predicted molar refractivity (Wildman–Crippen MR) is 73.2 cm³/mol. The quantitative estimate of drug-likeness (QED) is 0.931. The molecule has 1 aliphatic heterocycles. The molecule has 1 N–H and O–H groups in total. The number of alkyl halides is 3. The predicted octanol–water partition coefficient (Wildman–Crippen LogP) is 2.63. The highest BCUT2D eigenvalue weighted by Crippen LogP contribution is 2.23. The lowest BCUT2D eigenvalue weighted by atomic mass is 9.96. The lowest BCUT2D eigenvalue weighted by molar-refractivity contribution is -0.141. The van der Waals surface area contributed by atoms with Crippen LogP contribution in [0.3, 0.4) is 0 Å². The summed E-state index contributed by atoms with van der Waals surface area (Å²) >= 11 is 5.76. The van der Waals surface area contributed by atoms with Crippen LogP contribution in [-0.4, -0.2) is 36.7 Å². The summed E-state index contributed by atoms with van der Waals surface area (Å²) in [6.45, 7) is -0.109. The van der Waals surface area contributed by atoms with Gasteiger partial charge in [-0.2, -0.15) is 13.2 Å². The second-order valence-electron chi connectivity index (χ2n) is 4.93. The van der Waals surface area contributed by atoms with E-state index in [9.17, 15) is 18.0 Å². The molecular formula is C13H15ClF3N3O. The smallest absolute Gasteiger partial charge is 0.357 e. The normalized spacial score (nSPS) is 16.9. The van der Waals surface area contributed by atoms with Crippen molar-refractivity contribution in [2.24, 2.45) is 5.92 Å². The van der Waals surface area contributed by atoms with Gasteiger partial charge in [-0.05, 0) is 25.0 Å². The number of hydrogen-bond donors (Lipinski definition) is 1. The number of nitrogens with zero attached hydrogens (tertiary/aromatic N) is 2. The molecule has 8 heteroatoms. The van der Waals surface area contributed by atoms with Crippen LogP contribution in [0.15, 0.2) is 18.3 Å². The Morgan fingerprint density at radius 3 is 2.57 bits per heavy atom. The van der Waals surface area contributed by atoms with E-state index in [0.717, 1.165) is 5.82 Å². The van der Waals surface area contributed by atoms with Crippen molar-refractivity contribution in [1.29, 1.82) is 0 Å². The van der Waals surface area contributed by atoms with Gasteiger partial charge in [0.1, 0.15) is 12.4 Å². The minimum Gasteiger partial charge on any atom is -0.357 e. The van der Waals surface area contributed by atoms with E-state index in [2.05, 4.69) is 4.98 Å². The van der Waals surface area contributed by atoms with Crippen LogP contribution in [0.5, 0.6) is 0 Å². The van der Waals surface area contributed by atoms with Crippen molar-refractivity contribution in [2.45, 2.75) is 19.0 Å². The average molecular weight is 322 g/mol. The minimum absolute atomic E-state index is 0.379. The lowest BCUT2D eigenvalue weighted by Gasteiger charge is -2.32. The highest BCUT2D eigenvalue weighted by atomic mass is 35.5. The van der Waals surface area contributed by atoms with Crippen molar-refractivity contribution in [1.82, 2.24) is 10.3 Å². The Morgan fingerprint density at radius 1 is 1.38 bits per heavy atom. The maximum Gasteiger partial charge on any atom is 0.405 e. The number of pyridine rings is 1. The molecule has 1 amide bonds. The van der Waals surface area contributed by atoms with E-state index in [1.54, 1.807) is 18.3 Å². The number of nitrogens with one attached hydrogen (secondary N) is 1. The van der Waals surface area contributed by atoms with Crippen molar-refractivity contribution in [3.05, 3.63) is 23.4 Å². The number of carbonyl (C=O) groups is 1. The van der Waals surface area contributed by atoms with Gasteiger partial charge in [-0.1, -0.05) is 11.6 Å². The van der Waals surface area contributed by atoms with Gasteiger partial charge in [0.05, 0.1) is 5.02 Å². The Balaban J connectivity index is 1.82. The molecule has 2 rings (SSSR count). The third-order valence-corrected chi connectivity index (χ3v) is 3.59. The second-order valence-corrected chi connectivity index (χ2v) is 5.37. The summed E-state index contributed by atoms with van der Waals surface area (Å²) in [6.07, 6.45) is -1.81. The standard InChI is InChI=1S/C13H15ClF3N3O/c14-10-1-2-11(18-7-10)20-5-3-9(4-6-20)12(21)19-8-13(15,16)17/h1-2,7,9H,3-6,8H2,(H,19,21). The Bertz CT molecular complexity index is 484. The van der Waals surface area contributed by atoms with E-state index >= 15 is 0 Å². The van der Waals surface area contributed by atoms with Gasteiger partial charge in [-0.25, -0.2) is 4.98 Å². The fourth-order valence-electron chi connectivity index (χ4n) is 2.26. The summed E-state index contributed by atoms with van der Waals surface area (Å²) in [5, 5.41) is 2.48. The Hall–Kier alpha value is -1.50. The van der Waals surface area contributed by atoms with E-state index in [4.69, 9.17) is 11.6 Å². The summed E-state index contributed by atoms with van der Waals surface area (Å²) in [7, 11) is 0. The van der Waals surface area contributed by atoms with Crippen LogP contribution in [0, 0.1) is 5.92 Å². The van der Waals surface area contributed by atoms with Crippen molar-refractivity contribution in [2.75, 3.05) is 24.5 Å². The maximum absolute atomic E-state index is 12.1. The van der Waals surface area contributed by atoms with Crippen LogP contribution in [0.4, 0.5) is 19.0 Å². The molecule has 1 fully saturated rings. The van der Waals surface area contributed by atoms with Crippen molar-refractivity contribution in [3.8, 4) is 0 Å². The molecular weight excluding hydrogens is 307 g/mol. The van der Waals surface area contributed by atoms with E-state index < -0.39 is 18.6 Å². The van der Waals surface area contributed by atoms with Gasteiger partial charge in [0.25, 0.3) is 0 Å². The fourth-order valence-corrected chi connectivity index (χ4v) is 2.37. The van der Waals surface area contributed by atoms with Gasteiger partial charge < -0.3 is 10.2 Å². The number of piperidine rings is 1. The van der Waals surface area contributed by atoms with Crippen molar-refractivity contribution >= 4 is 23.3 Å². The molecule has 1 aliphatic rings. The number of anilines is 1. The number of rotatable bonds is 3. The first kappa shape index (κ1) is 15.9. The van der Waals surface area contributed by atoms with Gasteiger partial charge in [-0.3, -0.25) is 4.79 Å². The first-order valence-electron chi connectivity index (χ1n) is 6.56. The number of aromatic nitrogens is 1. The van der Waals surface area contributed by atoms with E-state index in [0.29, 0.717) is 31.0 Å². The second kappa shape index (κ2) is 6.51. The molecule has 0 radical (unpaired) electrons. The summed E-state index contributed by atoms with van der Waals surface area (Å²) in [4.78, 5) is 17.8. The zero-order chi connectivity index (χ0) is 15.5. The average Bonchev–Trinajstić information content (AvgIpc) is 2.45. The lowest BCUT2D eigenvalue weighted by Crippen LogP contribution is -2.43. The van der Waals surface area contributed by atoms with Crippen LogP contribution in [0.25, 0.3) is 0 Å². The highest BCUT2D eigenvalue weighted by Gasteiger charge is 2.31. The number of carbonyl (C=O) groups excluding carboxylic acids is 1. The fraction of sp³-hybridized carbons (Fsp3) is 0.538. The summed E-state index contributed by atoms with van der Waals surface area (Å²) in [5.41, 5.74) is 0. The molecule has 0 spiro atoms. The highest BCUT2D eigenvalue weighted by molar-refractivity contribution is 6.30. The van der Waals surface area contributed by atoms with Gasteiger partial charge in [-0.15, -0.1) is 0 Å². The summed E-state index contributed by atoms with van der Waals surface area (Å²) < 4.78 is 36.2. The SMILES string of the molecule is O=C(NCC(F)(F)F)C1CCN(c2ccc(Cl)cn2)CC1. The van der Waals surface area contributed by atoms with Gasteiger partial charge in [0, 0.05) is 25.2 Å². The number of hydrogen-bond acceptors (Lipinski definition) is 3. The summed E-state index contributed by atoms with van der Waals surface area (Å²) in [6, 6.07) is 3.51. The van der Waals surface area contributed by atoms with E-state index in [-0.39, 0.29) is 5.92 Å². The van der Waals surface area contributed by atoms with Gasteiger partial charge in [0.2, 0.25) is 5.91 Å². The zero-order valence-corrected chi connectivity index (χ0v) is 11.9. The Kier molecular flexibility index (Phi) is 4.92. The zero-order valence-electron chi connectivity index (χ0n) is 11.2. The van der Waals surface area contributed by atoms with Crippen molar-refractivity contribution < 1.29 is 18.0 Å². The first-order chi connectivity index (χ1) is 9.85. The Labute approximate surface area is 125 Å². The molecule has 0 bridgehead atoms. The molecule has 21 heavy (non-hydrogen) atoms. The molecule has 4 nitrogen and oxygen atoms in total. The van der Waals surface area contributed by atoms with Crippen LogP contribution in [0.2, 0.25) is 5.02 Å². The Morgan fingerprint density at radius 2 is 2.05 bits per heavy atom. The minimum atomic E-state index is -4.37. The molecule has 0 aromatic carbocycles. The van der Waals surface area contributed by atoms with Crippen molar-refractivity contribution in [3.63, 3.8) is 0 Å². The van der Waals surface area contributed by atoms with Crippen LogP contribution in [0.1, 0.15) is 12.8 Å². The topological polar surface area (TPSA) is 45.2 Å². The third-order valence-electron chi connectivity index (χ3n) is 3.36. The van der Waals surface area contributed by atoms with Gasteiger partial charge >= 0.3 is 6.18 Å². The third kappa shape index (κ3) is 4.77. The molecule has 1 aromatic rings. The largest absolute Gasteiger partial charge is 0.405 e. The molecule has 0 atom stereocenters. The van der Waals surface area contributed by atoms with Crippen LogP contribution >= 0.6 is 11.6 Å². The van der Waals surface area contributed by atoms with E-state index in [1.165, 1.54) is 0 Å². The number of halogens is 4. The van der Waals surface area contributed by atoms with E-state index in [1.807, 2.05) is 10.2 Å². The molecule has 0 aliphatic carbocycles. The molecule has 1 aromatic heterocycles. The van der Waals surface area contributed by atoms with Gasteiger partial charge in [0.15, 0.2) is 0 Å². The molecule has 2 heterocycles. The number of amides is 1. The molecule has 0 saturated carbocycles.